The molecule has 0 N–H and O–H groups in total. The topological polar surface area (TPSA) is 54.8 Å². The Balaban J connectivity index is 1.57. The summed E-state index contributed by atoms with van der Waals surface area (Å²) in [6.07, 6.45) is 8.02. The van der Waals surface area contributed by atoms with E-state index in [0.29, 0.717) is 11.6 Å². The Morgan fingerprint density at radius 3 is 2.43 bits per heavy atom. The van der Waals surface area contributed by atoms with E-state index in [9.17, 15) is 0 Å². The third-order valence-corrected chi connectivity index (χ3v) is 4.18. The summed E-state index contributed by atoms with van der Waals surface area (Å²) in [4.78, 5) is 19.4. The Bertz CT molecular complexity index is 820. The van der Waals surface area contributed by atoms with Gasteiger partial charge in [-0.25, -0.2) is 19.9 Å². The monoisotopic (exact) mass is 323 g/mol. The van der Waals surface area contributed by atoms with Crippen molar-refractivity contribution in [2.24, 2.45) is 0 Å². The highest BCUT2D eigenvalue weighted by molar-refractivity contribution is 6.30. The van der Waals surface area contributed by atoms with E-state index in [4.69, 9.17) is 11.6 Å². The van der Waals surface area contributed by atoms with Crippen LogP contribution in [0.1, 0.15) is 11.1 Å². The van der Waals surface area contributed by atoms with Crippen LogP contribution in [0.3, 0.4) is 0 Å². The van der Waals surface area contributed by atoms with Gasteiger partial charge < -0.3 is 4.90 Å². The van der Waals surface area contributed by atoms with Gasteiger partial charge in [0.25, 0.3) is 0 Å². The molecule has 0 fully saturated rings. The predicted molar refractivity (Wildman–Crippen MR) is 89.3 cm³/mol. The lowest BCUT2D eigenvalue weighted by Gasteiger charge is -2.30. The van der Waals surface area contributed by atoms with Crippen molar-refractivity contribution >= 4 is 17.3 Å². The van der Waals surface area contributed by atoms with Crippen LogP contribution in [0.15, 0.2) is 49.1 Å². The molecule has 4 rings (SSSR count). The molecule has 0 amide bonds. The second-order valence-corrected chi connectivity index (χ2v) is 5.86. The van der Waals surface area contributed by atoms with Gasteiger partial charge in [-0.1, -0.05) is 17.7 Å². The summed E-state index contributed by atoms with van der Waals surface area (Å²) in [7, 11) is 0. The first-order valence-electron chi connectivity index (χ1n) is 7.41. The van der Waals surface area contributed by atoms with Crippen molar-refractivity contribution in [1.82, 2.24) is 19.9 Å². The average Bonchev–Trinajstić information content (AvgIpc) is 2.62. The van der Waals surface area contributed by atoms with Crippen molar-refractivity contribution < 1.29 is 0 Å². The number of hydrogen-bond acceptors (Lipinski definition) is 5. The minimum Gasteiger partial charge on any atom is -0.364 e. The molecule has 0 atom stereocenters. The Morgan fingerprint density at radius 2 is 1.65 bits per heavy atom. The van der Waals surface area contributed by atoms with Gasteiger partial charge in [-0.3, -0.25) is 0 Å². The van der Waals surface area contributed by atoms with Crippen molar-refractivity contribution in [1.29, 1.82) is 0 Å². The van der Waals surface area contributed by atoms with Crippen molar-refractivity contribution in [3.05, 3.63) is 65.2 Å². The van der Waals surface area contributed by atoms with Crippen molar-refractivity contribution in [2.75, 3.05) is 11.4 Å². The molecule has 1 aromatic carbocycles. The van der Waals surface area contributed by atoms with Gasteiger partial charge in [-0.15, -0.1) is 0 Å². The zero-order chi connectivity index (χ0) is 15.6. The van der Waals surface area contributed by atoms with Crippen LogP contribution in [0.25, 0.3) is 11.6 Å². The largest absolute Gasteiger partial charge is 0.364 e. The number of fused-ring (bicyclic) bond motifs is 1. The molecule has 0 unspecified atom stereocenters. The van der Waals surface area contributed by atoms with Gasteiger partial charge in [-0.05, 0) is 35.7 Å². The molecule has 1 aliphatic rings. The fourth-order valence-electron chi connectivity index (χ4n) is 2.76. The average molecular weight is 324 g/mol. The highest BCUT2D eigenvalue weighted by Crippen LogP contribution is 2.26. The lowest BCUT2D eigenvalue weighted by Crippen LogP contribution is -2.30. The van der Waals surface area contributed by atoms with Crippen LogP contribution in [0.2, 0.25) is 5.02 Å². The van der Waals surface area contributed by atoms with Gasteiger partial charge in [0.05, 0.1) is 18.1 Å². The Labute approximate surface area is 139 Å². The highest BCUT2D eigenvalue weighted by atomic mass is 35.5. The summed E-state index contributed by atoms with van der Waals surface area (Å²) in [5.41, 5.74) is 3.62. The molecular weight excluding hydrogens is 310 g/mol. The maximum Gasteiger partial charge on any atom is 0.197 e. The maximum absolute atomic E-state index is 6.10. The fourth-order valence-corrected chi connectivity index (χ4v) is 2.96. The summed E-state index contributed by atoms with van der Waals surface area (Å²) in [5, 5.41) is 0.776. The van der Waals surface area contributed by atoms with Crippen LogP contribution in [0.5, 0.6) is 0 Å². The third kappa shape index (κ3) is 2.87. The van der Waals surface area contributed by atoms with E-state index in [1.165, 1.54) is 11.1 Å². The smallest absolute Gasteiger partial charge is 0.197 e. The number of nitrogens with zero attached hydrogens (tertiary/aromatic N) is 5. The van der Waals surface area contributed by atoms with Crippen LogP contribution in [-0.2, 0) is 13.0 Å². The van der Waals surface area contributed by atoms with Crippen LogP contribution in [-0.4, -0.2) is 26.5 Å². The van der Waals surface area contributed by atoms with E-state index in [2.05, 4.69) is 30.9 Å². The Morgan fingerprint density at radius 1 is 0.913 bits per heavy atom. The number of rotatable bonds is 2. The summed E-state index contributed by atoms with van der Waals surface area (Å²) >= 11 is 6.10. The molecule has 0 saturated carbocycles. The molecule has 5 nitrogen and oxygen atoms in total. The van der Waals surface area contributed by atoms with E-state index in [1.807, 2.05) is 24.5 Å². The number of hydrogen-bond donors (Lipinski definition) is 0. The minimum absolute atomic E-state index is 0.537. The molecule has 1 aliphatic heterocycles. The molecule has 0 bridgehead atoms. The first kappa shape index (κ1) is 14.1. The van der Waals surface area contributed by atoms with Crippen molar-refractivity contribution in [2.45, 2.75) is 13.0 Å². The highest BCUT2D eigenvalue weighted by Gasteiger charge is 2.17. The third-order valence-electron chi connectivity index (χ3n) is 3.95. The van der Waals surface area contributed by atoms with E-state index < -0.39 is 0 Å². The standard InChI is InChI=1S/C17H14ClN5/c18-14-3-2-12-4-7-23(11-13(12)8-14)15-9-21-17(22-10-15)16-19-5-1-6-20-16/h1-3,5-6,8-10H,4,7,11H2. The summed E-state index contributed by atoms with van der Waals surface area (Å²) in [5.74, 6) is 1.07. The zero-order valence-corrected chi connectivity index (χ0v) is 13.1. The normalized spacial score (nSPS) is 13.7. The lowest BCUT2D eigenvalue weighted by molar-refractivity contribution is 0.728. The van der Waals surface area contributed by atoms with Crippen LogP contribution in [0.4, 0.5) is 5.69 Å². The Kier molecular flexibility index (Phi) is 3.63. The van der Waals surface area contributed by atoms with Crippen molar-refractivity contribution in [3.8, 4) is 11.6 Å². The first-order valence-corrected chi connectivity index (χ1v) is 7.79. The molecule has 2 aromatic heterocycles. The molecule has 0 spiro atoms. The SMILES string of the molecule is Clc1ccc2c(c1)CN(c1cnc(-c3ncccn3)nc1)CC2. The minimum atomic E-state index is 0.537. The molecule has 3 heterocycles. The van der Waals surface area contributed by atoms with Crippen molar-refractivity contribution in [3.63, 3.8) is 0 Å². The van der Waals surface area contributed by atoms with Gasteiger partial charge in [0.15, 0.2) is 11.6 Å². The molecular formula is C17H14ClN5. The summed E-state index contributed by atoms with van der Waals surface area (Å²) in [6.45, 7) is 1.76. The number of aromatic nitrogens is 4. The van der Waals surface area contributed by atoms with Gasteiger partial charge in [-0.2, -0.15) is 0 Å². The molecule has 0 saturated heterocycles. The Hall–Kier alpha value is -2.53. The van der Waals surface area contributed by atoms with Gasteiger partial charge in [0.1, 0.15) is 0 Å². The number of anilines is 1. The molecule has 3 aromatic rings. The summed E-state index contributed by atoms with van der Waals surface area (Å²) < 4.78 is 0. The van der Waals surface area contributed by atoms with Crippen LogP contribution >= 0.6 is 11.6 Å². The van der Waals surface area contributed by atoms with E-state index in [0.717, 1.165) is 30.2 Å². The number of benzene rings is 1. The molecule has 23 heavy (non-hydrogen) atoms. The summed E-state index contributed by atoms with van der Waals surface area (Å²) in [6, 6.07) is 7.87. The second kappa shape index (κ2) is 5.93. The molecule has 0 aliphatic carbocycles. The zero-order valence-electron chi connectivity index (χ0n) is 12.4. The molecule has 6 heteroatoms. The van der Waals surface area contributed by atoms with Crippen LogP contribution < -0.4 is 4.90 Å². The first-order chi connectivity index (χ1) is 11.3. The van der Waals surface area contributed by atoms with Gasteiger partial charge in [0, 0.05) is 30.5 Å². The number of halogens is 1. The fraction of sp³-hybridized carbons (Fsp3) is 0.176. The predicted octanol–water partition coefficient (Wildman–Crippen LogP) is 3.15. The maximum atomic E-state index is 6.10. The van der Waals surface area contributed by atoms with Gasteiger partial charge >= 0.3 is 0 Å². The van der Waals surface area contributed by atoms with Crippen LogP contribution in [0, 0.1) is 0 Å². The quantitative estimate of drug-likeness (QED) is 0.725. The molecule has 0 radical (unpaired) electrons. The lowest BCUT2D eigenvalue weighted by atomic mass is 10.00. The second-order valence-electron chi connectivity index (χ2n) is 5.42. The van der Waals surface area contributed by atoms with E-state index in [-0.39, 0.29) is 0 Å². The van der Waals surface area contributed by atoms with E-state index >= 15 is 0 Å². The van der Waals surface area contributed by atoms with Gasteiger partial charge in [0.2, 0.25) is 0 Å². The molecule has 114 valence electrons. The van der Waals surface area contributed by atoms with E-state index in [1.54, 1.807) is 18.5 Å².